The van der Waals surface area contributed by atoms with Crippen molar-refractivity contribution in [3.63, 3.8) is 0 Å². The van der Waals surface area contributed by atoms with Gasteiger partial charge in [-0.05, 0) is 75.3 Å². The standard InChI is InChI=1S/C27H42N4O5S/c1-20-15-23(9-10-25(20)28-11-12-29(4)5)18-30(6)26(32)19-36-14-13-31(7)37(33,34)27-21(2)16-24(35-8)17-22(27)3/h9-10,15-17,28H,11-14,18-19H2,1-8H3. The molecule has 0 saturated heterocycles. The summed E-state index contributed by atoms with van der Waals surface area (Å²) in [6.07, 6.45) is 0. The molecule has 2 rings (SSSR count). The number of nitrogens with one attached hydrogen (secondary N) is 1. The highest BCUT2D eigenvalue weighted by atomic mass is 32.2. The van der Waals surface area contributed by atoms with Crippen LogP contribution in [0.2, 0.25) is 0 Å². The molecule has 10 heteroatoms. The second-order valence-corrected chi connectivity index (χ2v) is 11.6. The van der Waals surface area contributed by atoms with Crippen LogP contribution in [0.25, 0.3) is 0 Å². The molecule has 0 bridgehead atoms. The molecule has 0 saturated carbocycles. The zero-order valence-corrected chi connectivity index (χ0v) is 24.2. The Labute approximate surface area is 222 Å². The van der Waals surface area contributed by atoms with Crippen LogP contribution in [0.15, 0.2) is 35.2 Å². The number of ether oxygens (including phenoxy) is 2. The number of carbonyl (C=O) groups excluding carboxylic acids is 1. The summed E-state index contributed by atoms with van der Waals surface area (Å²) in [7, 11) is 5.17. The maximum atomic E-state index is 13.1. The molecule has 0 unspecified atom stereocenters. The lowest BCUT2D eigenvalue weighted by Gasteiger charge is -2.21. The molecule has 37 heavy (non-hydrogen) atoms. The molecule has 9 nitrogen and oxygen atoms in total. The molecule has 2 aromatic rings. The summed E-state index contributed by atoms with van der Waals surface area (Å²) in [5, 5.41) is 3.43. The lowest BCUT2D eigenvalue weighted by Crippen LogP contribution is -2.33. The quantitative estimate of drug-likeness (QED) is 0.373. The van der Waals surface area contributed by atoms with Crippen molar-refractivity contribution in [1.82, 2.24) is 14.1 Å². The van der Waals surface area contributed by atoms with Crippen LogP contribution >= 0.6 is 0 Å². The summed E-state index contributed by atoms with van der Waals surface area (Å²) in [5.41, 5.74) is 4.48. The fourth-order valence-electron chi connectivity index (χ4n) is 3.97. The first-order chi connectivity index (χ1) is 17.4. The van der Waals surface area contributed by atoms with E-state index in [2.05, 4.69) is 16.3 Å². The third-order valence-electron chi connectivity index (χ3n) is 6.12. The number of nitrogens with zero attached hydrogens (tertiary/aromatic N) is 3. The smallest absolute Gasteiger partial charge is 0.248 e. The Morgan fingerprint density at radius 1 is 0.946 bits per heavy atom. The predicted octanol–water partition coefficient (Wildman–Crippen LogP) is 2.89. The molecule has 0 radical (unpaired) electrons. The SMILES string of the molecule is COc1cc(C)c(S(=O)(=O)N(C)CCOCC(=O)N(C)Cc2ccc(NCCN(C)C)c(C)c2)c(C)c1. The second kappa shape index (κ2) is 13.8. The average Bonchev–Trinajstić information content (AvgIpc) is 2.81. The van der Waals surface area contributed by atoms with Crippen molar-refractivity contribution in [2.24, 2.45) is 0 Å². The Morgan fingerprint density at radius 2 is 1.59 bits per heavy atom. The Hall–Kier alpha value is -2.66. The fourth-order valence-corrected chi connectivity index (χ4v) is 5.53. The summed E-state index contributed by atoms with van der Waals surface area (Å²) in [6, 6.07) is 9.53. The van der Waals surface area contributed by atoms with Crippen LogP contribution < -0.4 is 10.1 Å². The van der Waals surface area contributed by atoms with Crippen molar-refractivity contribution in [1.29, 1.82) is 0 Å². The minimum absolute atomic E-state index is 0.107. The van der Waals surface area contributed by atoms with Crippen molar-refractivity contribution in [2.75, 3.05) is 73.5 Å². The Balaban J connectivity index is 1.84. The number of likely N-dealkylation sites (N-methyl/N-ethyl adjacent to an activating group) is 3. The van der Waals surface area contributed by atoms with E-state index in [4.69, 9.17) is 9.47 Å². The van der Waals surface area contributed by atoms with Gasteiger partial charge in [-0.3, -0.25) is 4.79 Å². The minimum Gasteiger partial charge on any atom is -0.497 e. The number of anilines is 1. The number of methoxy groups -OCH3 is 1. The van der Waals surface area contributed by atoms with E-state index in [0.717, 1.165) is 29.9 Å². The highest BCUT2D eigenvalue weighted by Gasteiger charge is 2.25. The number of aryl methyl sites for hydroxylation is 3. The molecule has 0 aromatic heterocycles. The highest BCUT2D eigenvalue weighted by Crippen LogP contribution is 2.27. The normalized spacial score (nSPS) is 11.7. The number of benzene rings is 2. The van der Waals surface area contributed by atoms with Crippen molar-refractivity contribution in [2.45, 2.75) is 32.2 Å². The van der Waals surface area contributed by atoms with Crippen LogP contribution in [0.3, 0.4) is 0 Å². The molecule has 206 valence electrons. The first-order valence-electron chi connectivity index (χ1n) is 12.3. The molecular weight excluding hydrogens is 492 g/mol. The fraction of sp³-hybridized carbons (Fsp3) is 0.519. The van der Waals surface area contributed by atoms with Gasteiger partial charge >= 0.3 is 0 Å². The third-order valence-corrected chi connectivity index (χ3v) is 8.29. The second-order valence-electron chi connectivity index (χ2n) is 9.60. The van der Waals surface area contributed by atoms with E-state index in [1.807, 2.05) is 33.2 Å². The summed E-state index contributed by atoms with van der Waals surface area (Å²) < 4.78 is 38.2. The molecule has 0 heterocycles. The van der Waals surface area contributed by atoms with Gasteiger partial charge in [-0.1, -0.05) is 12.1 Å². The van der Waals surface area contributed by atoms with Gasteiger partial charge in [0.25, 0.3) is 0 Å². The van der Waals surface area contributed by atoms with E-state index in [0.29, 0.717) is 23.4 Å². The van der Waals surface area contributed by atoms with E-state index < -0.39 is 10.0 Å². The first kappa shape index (κ1) is 30.6. The summed E-state index contributed by atoms with van der Waals surface area (Å²) in [5.74, 6) is 0.448. The monoisotopic (exact) mass is 534 g/mol. The Bertz CT molecular complexity index is 1140. The molecule has 0 spiro atoms. The zero-order valence-electron chi connectivity index (χ0n) is 23.4. The van der Waals surface area contributed by atoms with E-state index in [-0.39, 0.29) is 30.6 Å². The molecule has 1 N–H and O–H groups in total. The number of rotatable bonds is 14. The van der Waals surface area contributed by atoms with Gasteiger partial charge in [-0.25, -0.2) is 8.42 Å². The highest BCUT2D eigenvalue weighted by molar-refractivity contribution is 7.89. The number of sulfonamides is 1. The van der Waals surface area contributed by atoms with Crippen molar-refractivity contribution in [3.05, 3.63) is 52.6 Å². The van der Waals surface area contributed by atoms with Crippen molar-refractivity contribution >= 4 is 21.6 Å². The van der Waals surface area contributed by atoms with Gasteiger partial charge in [0.15, 0.2) is 0 Å². The van der Waals surface area contributed by atoms with E-state index >= 15 is 0 Å². The van der Waals surface area contributed by atoms with Gasteiger partial charge in [-0.2, -0.15) is 4.31 Å². The van der Waals surface area contributed by atoms with E-state index in [9.17, 15) is 13.2 Å². The molecular formula is C27H42N4O5S. The van der Waals surface area contributed by atoms with E-state index in [1.165, 1.54) is 11.4 Å². The van der Waals surface area contributed by atoms with Crippen LogP contribution in [0.1, 0.15) is 22.3 Å². The molecule has 0 fully saturated rings. The van der Waals surface area contributed by atoms with Gasteiger partial charge in [0.05, 0.1) is 18.6 Å². The van der Waals surface area contributed by atoms with Gasteiger partial charge in [0, 0.05) is 46.0 Å². The van der Waals surface area contributed by atoms with Gasteiger partial charge in [0.1, 0.15) is 12.4 Å². The summed E-state index contributed by atoms with van der Waals surface area (Å²) >= 11 is 0. The van der Waals surface area contributed by atoms with Gasteiger partial charge in [-0.15, -0.1) is 0 Å². The molecule has 1 amide bonds. The van der Waals surface area contributed by atoms with Crippen molar-refractivity contribution in [3.8, 4) is 5.75 Å². The molecule has 2 aromatic carbocycles. The molecule has 0 atom stereocenters. The number of carbonyl (C=O) groups is 1. The predicted molar refractivity (Wildman–Crippen MR) is 148 cm³/mol. The zero-order chi connectivity index (χ0) is 27.8. The number of amides is 1. The van der Waals surface area contributed by atoms with Crippen LogP contribution in [0.4, 0.5) is 5.69 Å². The summed E-state index contributed by atoms with van der Waals surface area (Å²) in [6.45, 7) is 7.93. The maximum Gasteiger partial charge on any atom is 0.248 e. The molecule has 0 aliphatic carbocycles. The number of hydrogen-bond acceptors (Lipinski definition) is 7. The molecule has 0 aliphatic heterocycles. The van der Waals surface area contributed by atoms with Crippen LogP contribution in [-0.2, 0) is 26.1 Å². The Kier molecular flexibility index (Phi) is 11.4. The lowest BCUT2D eigenvalue weighted by atomic mass is 10.1. The lowest BCUT2D eigenvalue weighted by molar-refractivity contribution is -0.135. The maximum absolute atomic E-state index is 13.1. The average molecular weight is 535 g/mol. The topological polar surface area (TPSA) is 91.4 Å². The van der Waals surface area contributed by atoms with Gasteiger partial charge in [0.2, 0.25) is 15.9 Å². The van der Waals surface area contributed by atoms with Crippen molar-refractivity contribution < 1.29 is 22.7 Å². The number of hydrogen-bond donors (Lipinski definition) is 1. The first-order valence-corrected chi connectivity index (χ1v) is 13.7. The van der Waals surface area contributed by atoms with E-state index in [1.54, 1.807) is 45.0 Å². The molecule has 0 aliphatic rings. The van der Waals surface area contributed by atoms with Gasteiger partial charge < -0.3 is 24.6 Å². The minimum atomic E-state index is -3.71. The Morgan fingerprint density at radius 3 is 2.16 bits per heavy atom. The third kappa shape index (κ3) is 8.70. The van der Waals surface area contributed by atoms with Crippen LogP contribution in [0.5, 0.6) is 5.75 Å². The summed E-state index contributed by atoms with van der Waals surface area (Å²) in [4.78, 5) is 16.6. The largest absolute Gasteiger partial charge is 0.497 e. The van der Waals surface area contributed by atoms with Crippen LogP contribution in [0, 0.1) is 20.8 Å². The van der Waals surface area contributed by atoms with Crippen LogP contribution in [-0.4, -0.2) is 96.6 Å².